The second-order valence-electron chi connectivity index (χ2n) is 5.73. The molecule has 2 unspecified atom stereocenters. The molecule has 128 valence electrons. The van der Waals surface area contributed by atoms with Crippen LogP contribution in [0.3, 0.4) is 0 Å². The van der Waals surface area contributed by atoms with Gasteiger partial charge in [0, 0.05) is 25.3 Å². The molecule has 1 aliphatic heterocycles. The molecule has 2 rings (SSSR count). The van der Waals surface area contributed by atoms with Gasteiger partial charge in [0.15, 0.2) is 0 Å². The average molecular weight is 341 g/mol. The number of hydrogen-bond acceptors (Lipinski definition) is 6. The first-order valence-electron chi connectivity index (χ1n) is 7.45. The molecule has 3 N–H and O–H groups in total. The number of sulfonamides is 1. The lowest BCUT2D eigenvalue weighted by Gasteiger charge is -2.25. The molecule has 1 amide bonds. The Morgan fingerprint density at radius 2 is 1.96 bits per heavy atom. The normalized spacial score (nSPS) is 24.8. The van der Waals surface area contributed by atoms with Gasteiger partial charge in [-0.25, -0.2) is 8.42 Å². The van der Waals surface area contributed by atoms with Crippen LogP contribution in [0.15, 0.2) is 24.4 Å². The molecule has 0 spiro atoms. The Balaban J connectivity index is 1.92. The Morgan fingerprint density at radius 3 is 2.52 bits per heavy atom. The van der Waals surface area contributed by atoms with Crippen LogP contribution in [0.5, 0.6) is 0 Å². The van der Waals surface area contributed by atoms with E-state index in [4.69, 9.17) is 0 Å². The molecule has 0 saturated carbocycles. The summed E-state index contributed by atoms with van der Waals surface area (Å²) in [6, 6.07) is 4.95. The van der Waals surface area contributed by atoms with Crippen LogP contribution in [0.4, 0.5) is 0 Å². The zero-order chi connectivity index (χ0) is 17.0. The molecule has 9 heteroatoms. The minimum atomic E-state index is -3.58. The van der Waals surface area contributed by atoms with Gasteiger partial charge in [-0.1, -0.05) is 6.07 Å². The van der Waals surface area contributed by atoms with Crippen molar-refractivity contribution in [1.82, 2.24) is 25.5 Å². The topological polar surface area (TPSA) is 103 Å². The Bertz CT molecular complexity index is 627. The van der Waals surface area contributed by atoms with E-state index < -0.39 is 15.3 Å². The van der Waals surface area contributed by atoms with Crippen LogP contribution in [0.1, 0.15) is 19.5 Å². The Labute approximate surface area is 136 Å². The number of carbonyl (C=O) groups is 1. The molecule has 1 fully saturated rings. The van der Waals surface area contributed by atoms with Gasteiger partial charge < -0.3 is 5.32 Å². The number of pyridine rings is 1. The van der Waals surface area contributed by atoms with E-state index in [-0.39, 0.29) is 31.1 Å². The quantitative estimate of drug-likeness (QED) is 0.627. The van der Waals surface area contributed by atoms with Gasteiger partial charge >= 0.3 is 0 Å². The molecule has 1 saturated heterocycles. The summed E-state index contributed by atoms with van der Waals surface area (Å²) in [6.07, 6.45) is 1.64. The number of carbonyl (C=O) groups excluding carboxylic acids is 1. The molecule has 23 heavy (non-hydrogen) atoms. The number of nitrogens with one attached hydrogen (secondary N) is 3. The summed E-state index contributed by atoms with van der Waals surface area (Å²) in [4.78, 5) is 16.1. The number of aromatic nitrogens is 1. The minimum absolute atomic E-state index is 0.217. The molecule has 2 heterocycles. The second-order valence-corrected chi connectivity index (χ2v) is 7.93. The van der Waals surface area contributed by atoms with Gasteiger partial charge in [-0.2, -0.15) is 4.31 Å². The monoisotopic (exact) mass is 341 g/mol. The summed E-state index contributed by atoms with van der Waals surface area (Å²) in [5.74, 6) is -0.360. The Kier molecular flexibility index (Phi) is 5.69. The van der Waals surface area contributed by atoms with E-state index in [0.29, 0.717) is 0 Å². The first-order valence-corrected chi connectivity index (χ1v) is 8.95. The van der Waals surface area contributed by atoms with Crippen LogP contribution in [0.25, 0.3) is 0 Å². The maximum Gasteiger partial charge on any atom is 0.235 e. The van der Waals surface area contributed by atoms with E-state index in [1.54, 1.807) is 32.2 Å². The summed E-state index contributed by atoms with van der Waals surface area (Å²) in [5, 5.41) is 2.06. The van der Waals surface area contributed by atoms with Gasteiger partial charge in [-0.05, 0) is 26.0 Å². The van der Waals surface area contributed by atoms with Crippen molar-refractivity contribution in [3.8, 4) is 0 Å². The zero-order valence-corrected chi connectivity index (χ0v) is 14.3. The fraction of sp³-hybridized carbons (Fsp3) is 0.571. The zero-order valence-electron chi connectivity index (χ0n) is 13.5. The summed E-state index contributed by atoms with van der Waals surface area (Å²) in [5.41, 5.74) is 6.55. The third kappa shape index (κ3) is 4.25. The van der Waals surface area contributed by atoms with E-state index in [0.717, 1.165) is 10.00 Å². The van der Waals surface area contributed by atoms with Crippen LogP contribution in [-0.2, 0) is 21.4 Å². The lowest BCUT2D eigenvalue weighted by Crippen LogP contribution is -2.48. The highest BCUT2D eigenvalue weighted by Gasteiger charge is 2.42. The van der Waals surface area contributed by atoms with Gasteiger partial charge in [0.05, 0.1) is 18.8 Å². The van der Waals surface area contributed by atoms with Gasteiger partial charge in [-0.15, -0.1) is 0 Å². The number of hydrazine groups is 1. The predicted molar refractivity (Wildman–Crippen MR) is 86.6 cm³/mol. The first kappa shape index (κ1) is 17.8. The molecule has 1 aromatic heterocycles. The third-order valence-corrected chi connectivity index (χ3v) is 6.36. The van der Waals surface area contributed by atoms with E-state index in [9.17, 15) is 13.2 Å². The standard InChI is InChI=1S/C14H23N5O3S/c1-10-14(11(2)18-17-10)23(21,22)19(3)9-13(20)16-8-12-6-4-5-7-15-12/h4-7,10-11,14,17-18H,8-9H2,1-3H3,(H,16,20). The van der Waals surface area contributed by atoms with Crippen molar-refractivity contribution in [2.75, 3.05) is 13.6 Å². The van der Waals surface area contributed by atoms with Crippen LogP contribution in [0.2, 0.25) is 0 Å². The van der Waals surface area contributed by atoms with Crippen LogP contribution in [-0.4, -0.2) is 54.5 Å². The highest BCUT2D eigenvalue weighted by molar-refractivity contribution is 7.89. The van der Waals surface area contributed by atoms with E-state index >= 15 is 0 Å². The highest BCUT2D eigenvalue weighted by Crippen LogP contribution is 2.18. The molecule has 0 aromatic carbocycles. The Morgan fingerprint density at radius 1 is 1.30 bits per heavy atom. The van der Waals surface area contributed by atoms with Gasteiger partial charge in [0.2, 0.25) is 15.9 Å². The number of likely N-dealkylation sites (N-methyl/N-ethyl adjacent to an activating group) is 1. The predicted octanol–water partition coefficient (Wildman–Crippen LogP) is -0.787. The molecule has 1 aliphatic rings. The fourth-order valence-corrected chi connectivity index (χ4v) is 4.50. The summed E-state index contributed by atoms with van der Waals surface area (Å²) in [7, 11) is -2.16. The molecule has 1 aromatic rings. The summed E-state index contributed by atoms with van der Waals surface area (Å²) < 4.78 is 26.3. The molecule has 0 bridgehead atoms. The average Bonchev–Trinajstić information content (AvgIpc) is 2.85. The first-order chi connectivity index (χ1) is 10.8. The highest BCUT2D eigenvalue weighted by atomic mass is 32.2. The van der Waals surface area contributed by atoms with Crippen molar-refractivity contribution in [3.63, 3.8) is 0 Å². The molecule has 0 radical (unpaired) electrons. The number of nitrogens with zero attached hydrogens (tertiary/aromatic N) is 2. The number of hydrogen-bond donors (Lipinski definition) is 3. The largest absolute Gasteiger partial charge is 0.349 e. The van der Waals surface area contributed by atoms with Crippen LogP contribution in [0, 0.1) is 0 Å². The van der Waals surface area contributed by atoms with E-state index in [1.165, 1.54) is 7.05 Å². The number of amides is 1. The summed E-state index contributed by atoms with van der Waals surface area (Å²) in [6.45, 7) is 3.65. The van der Waals surface area contributed by atoms with Gasteiger partial charge in [0.25, 0.3) is 0 Å². The smallest absolute Gasteiger partial charge is 0.235 e. The lowest BCUT2D eigenvalue weighted by molar-refractivity contribution is -0.121. The van der Waals surface area contributed by atoms with Crippen LogP contribution >= 0.6 is 0 Å². The molecule has 0 aliphatic carbocycles. The second kappa shape index (κ2) is 7.35. The van der Waals surface area contributed by atoms with Crippen molar-refractivity contribution in [1.29, 1.82) is 0 Å². The molecule has 2 atom stereocenters. The maximum atomic E-state index is 12.6. The third-order valence-electron chi connectivity index (χ3n) is 3.86. The number of rotatable bonds is 6. The summed E-state index contributed by atoms with van der Waals surface area (Å²) >= 11 is 0. The van der Waals surface area contributed by atoms with Crippen molar-refractivity contribution in [2.24, 2.45) is 0 Å². The molecular weight excluding hydrogens is 318 g/mol. The van der Waals surface area contributed by atoms with Crippen molar-refractivity contribution >= 4 is 15.9 Å². The van der Waals surface area contributed by atoms with E-state index in [1.807, 2.05) is 6.07 Å². The Hall–Kier alpha value is -1.55. The minimum Gasteiger partial charge on any atom is -0.349 e. The maximum absolute atomic E-state index is 12.6. The van der Waals surface area contributed by atoms with Crippen molar-refractivity contribution < 1.29 is 13.2 Å². The fourth-order valence-electron chi connectivity index (χ4n) is 2.62. The van der Waals surface area contributed by atoms with E-state index in [2.05, 4.69) is 21.2 Å². The van der Waals surface area contributed by atoms with Crippen LogP contribution < -0.4 is 16.2 Å². The van der Waals surface area contributed by atoms with Crippen molar-refractivity contribution in [2.45, 2.75) is 37.7 Å². The molecule has 8 nitrogen and oxygen atoms in total. The molecular formula is C14H23N5O3S. The lowest BCUT2D eigenvalue weighted by atomic mass is 10.2. The van der Waals surface area contributed by atoms with Gasteiger partial charge in [0.1, 0.15) is 5.25 Å². The SMILES string of the molecule is CC1NNC(C)C1S(=O)(=O)N(C)CC(=O)NCc1ccccn1. The van der Waals surface area contributed by atoms with Crippen molar-refractivity contribution in [3.05, 3.63) is 30.1 Å². The van der Waals surface area contributed by atoms with Gasteiger partial charge in [-0.3, -0.25) is 20.6 Å².